The molecule has 0 aromatic heterocycles. The fourth-order valence-electron chi connectivity index (χ4n) is 1.61. The van der Waals surface area contributed by atoms with Crippen LogP contribution in [0.15, 0.2) is 42.5 Å². The van der Waals surface area contributed by atoms with E-state index in [1.54, 1.807) is 0 Å². The first kappa shape index (κ1) is 11.9. The molecule has 2 aromatic carbocycles. The average molecular weight is 252 g/mol. The second-order valence-electron chi connectivity index (χ2n) is 3.21. The Labute approximate surface area is 101 Å². The molecular formula is C12H10O2Zn. The Morgan fingerprint density at radius 1 is 1.07 bits per heavy atom. The Hall–Kier alpha value is -1.21. The molecule has 0 saturated carbocycles. The molecule has 0 aliphatic carbocycles. The Morgan fingerprint density at radius 2 is 1.73 bits per heavy atom. The predicted molar refractivity (Wildman–Crippen MR) is 55.3 cm³/mol. The average Bonchev–Trinajstić information content (AvgIpc) is 2.18. The van der Waals surface area contributed by atoms with Crippen molar-refractivity contribution in [1.82, 2.24) is 0 Å². The van der Waals surface area contributed by atoms with E-state index < -0.39 is 5.97 Å². The molecule has 0 amide bonds. The Morgan fingerprint density at radius 3 is 2.47 bits per heavy atom. The number of carboxylic acid groups (broad SMARTS) is 1. The monoisotopic (exact) mass is 250 g/mol. The third-order valence-electron chi connectivity index (χ3n) is 2.22. The molecule has 0 heterocycles. The van der Waals surface area contributed by atoms with Gasteiger partial charge in [-0.2, -0.15) is 0 Å². The number of hydrogen-bond acceptors (Lipinski definition) is 1. The van der Waals surface area contributed by atoms with Crippen molar-refractivity contribution in [2.45, 2.75) is 6.42 Å². The summed E-state index contributed by atoms with van der Waals surface area (Å²) in [4.78, 5) is 10.6. The van der Waals surface area contributed by atoms with Gasteiger partial charge in [0.2, 0.25) is 0 Å². The van der Waals surface area contributed by atoms with E-state index in [2.05, 4.69) is 0 Å². The van der Waals surface area contributed by atoms with Crippen LogP contribution in [0.1, 0.15) is 5.56 Å². The minimum absolute atomic E-state index is 0. The fraction of sp³-hybridized carbons (Fsp3) is 0.0833. The maximum atomic E-state index is 10.6. The fourth-order valence-corrected chi connectivity index (χ4v) is 1.61. The number of fused-ring (bicyclic) bond motifs is 1. The van der Waals surface area contributed by atoms with E-state index in [9.17, 15) is 4.79 Å². The van der Waals surface area contributed by atoms with Crippen LogP contribution in [-0.4, -0.2) is 11.1 Å². The van der Waals surface area contributed by atoms with Crippen molar-refractivity contribution >= 4 is 16.7 Å². The van der Waals surface area contributed by atoms with Crippen LogP contribution in [0.3, 0.4) is 0 Å². The SMILES string of the molecule is O=C(O)Cc1cccc2ccccc12.[Zn]. The molecule has 0 fully saturated rings. The molecule has 2 aromatic rings. The number of hydrogen-bond donors (Lipinski definition) is 1. The smallest absolute Gasteiger partial charge is 0.307 e. The minimum atomic E-state index is -0.790. The number of rotatable bonds is 2. The van der Waals surface area contributed by atoms with Gasteiger partial charge < -0.3 is 5.11 Å². The zero-order valence-corrected chi connectivity index (χ0v) is 11.3. The van der Waals surface area contributed by atoms with Crippen LogP contribution in [0.4, 0.5) is 0 Å². The van der Waals surface area contributed by atoms with Crippen molar-refractivity contribution in [2.75, 3.05) is 0 Å². The molecule has 0 unspecified atom stereocenters. The molecule has 0 atom stereocenters. The summed E-state index contributed by atoms with van der Waals surface area (Å²) in [5.74, 6) is -0.790. The zero-order valence-electron chi connectivity index (χ0n) is 8.31. The van der Waals surface area contributed by atoms with Crippen LogP contribution in [0.25, 0.3) is 10.8 Å². The second-order valence-corrected chi connectivity index (χ2v) is 3.21. The normalized spacial score (nSPS) is 9.60. The summed E-state index contributed by atoms with van der Waals surface area (Å²) >= 11 is 0. The molecule has 1 N–H and O–H groups in total. The van der Waals surface area contributed by atoms with E-state index in [0.717, 1.165) is 16.3 Å². The maximum Gasteiger partial charge on any atom is 0.307 e. The van der Waals surface area contributed by atoms with Gasteiger partial charge in [-0.05, 0) is 16.3 Å². The van der Waals surface area contributed by atoms with Gasteiger partial charge in [-0.15, -0.1) is 0 Å². The summed E-state index contributed by atoms with van der Waals surface area (Å²) in [7, 11) is 0. The van der Waals surface area contributed by atoms with Gasteiger partial charge in [0.05, 0.1) is 6.42 Å². The molecular weight excluding hydrogens is 242 g/mol. The predicted octanol–water partition coefficient (Wildman–Crippen LogP) is 2.46. The van der Waals surface area contributed by atoms with Gasteiger partial charge in [-0.3, -0.25) is 4.79 Å². The van der Waals surface area contributed by atoms with E-state index in [4.69, 9.17) is 5.11 Å². The molecule has 0 aliphatic rings. The van der Waals surface area contributed by atoms with Crippen LogP contribution in [0.2, 0.25) is 0 Å². The Kier molecular flexibility index (Phi) is 3.99. The molecule has 0 spiro atoms. The van der Waals surface area contributed by atoms with Crippen LogP contribution < -0.4 is 0 Å². The summed E-state index contributed by atoms with van der Waals surface area (Å²) < 4.78 is 0. The van der Waals surface area contributed by atoms with E-state index in [1.165, 1.54) is 0 Å². The molecule has 72 valence electrons. The third-order valence-corrected chi connectivity index (χ3v) is 2.22. The van der Waals surface area contributed by atoms with E-state index >= 15 is 0 Å². The molecule has 0 radical (unpaired) electrons. The summed E-state index contributed by atoms with van der Waals surface area (Å²) in [6.45, 7) is 0. The van der Waals surface area contributed by atoms with Gasteiger partial charge in [0.1, 0.15) is 0 Å². The summed E-state index contributed by atoms with van der Waals surface area (Å²) in [6.07, 6.45) is 0.0847. The first-order chi connectivity index (χ1) is 6.77. The van der Waals surface area contributed by atoms with Crippen molar-refractivity contribution in [3.05, 3.63) is 48.0 Å². The molecule has 0 saturated heterocycles. The van der Waals surface area contributed by atoms with Crippen LogP contribution >= 0.6 is 0 Å². The van der Waals surface area contributed by atoms with E-state index in [-0.39, 0.29) is 25.9 Å². The maximum absolute atomic E-state index is 10.6. The topological polar surface area (TPSA) is 37.3 Å². The van der Waals surface area contributed by atoms with Crippen LogP contribution in [0, 0.1) is 0 Å². The van der Waals surface area contributed by atoms with Crippen molar-refractivity contribution in [1.29, 1.82) is 0 Å². The van der Waals surface area contributed by atoms with Gasteiger partial charge >= 0.3 is 5.97 Å². The quantitative estimate of drug-likeness (QED) is 0.833. The number of benzene rings is 2. The molecule has 2 rings (SSSR count). The molecule has 0 aliphatic heterocycles. The van der Waals surface area contributed by atoms with Crippen molar-refractivity contribution in [3.8, 4) is 0 Å². The molecule has 2 nitrogen and oxygen atoms in total. The minimum Gasteiger partial charge on any atom is -0.481 e. The largest absolute Gasteiger partial charge is 0.481 e. The first-order valence-electron chi connectivity index (χ1n) is 4.46. The number of carbonyl (C=O) groups is 1. The second kappa shape index (κ2) is 5.04. The summed E-state index contributed by atoms with van der Waals surface area (Å²) in [6, 6.07) is 13.5. The van der Waals surface area contributed by atoms with Crippen LogP contribution in [-0.2, 0) is 30.7 Å². The van der Waals surface area contributed by atoms with Gasteiger partial charge in [-0.1, -0.05) is 42.5 Å². The number of carboxylic acids is 1. The zero-order chi connectivity index (χ0) is 9.97. The van der Waals surface area contributed by atoms with Crippen LogP contribution in [0.5, 0.6) is 0 Å². The molecule has 3 heteroatoms. The van der Waals surface area contributed by atoms with Gasteiger partial charge in [0.15, 0.2) is 0 Å². The van der Waals surface area contributed by atoms with Crippen molar-refractivity contribution in [3.63, 3.8) is 0 Å². The van der Waals surface area contributed by atoms with Gasteiger partial charge in [0, 0.05) is 19.5 Å². The van der Waals surface area contributed by atoms with E-state index in [1.807, 2.05) is 42.5 Å². The summed E-state index contributed by atoms with van der Waals surface area (Å²) in [5.41, 5.74) is 0.871. The molecule has 0 bridgehead atoms. The van der Waals surface area contributed by atoms with Gasteiger partial charge in [0.25, 0.3) is 0 Å². The molecule has 15 heavy (non-hydrogen) atoms. The first-order valence-corrected chi connectivity index (χ1v) is 4.46. The number of aliphatic carboxylic acids is 1. The third kappa shape index (κ3) is 2.63. The van der Waals surface area contributed by atoms with Gasteiger partial charge in [-0.25, -0.2) is 0 Å². The van der Waals surface area contributed by atoms with Crippen molar-refractivity contribution in [2.24, 2.45) is 0 Å². The Bertz CT molecular complexity index is 475. The standard InChI is InChI=1S/C12H10O2.Zn/c13-12(14)8-10-6-3-5-9-4-1-2-7-11(9)10;/h1-7H,8H2,(H,13,14);. The van der Waals surface area contributed by atoms with Crippen molar-refractivity contribution < 1.29 is 29.4 Å². The van der Waals surface area contributed by atoms with E-state index in [0.29, 0.717) is 0 Å². The summed E-state index contributed by atoms with van der Waals surface area (Å²) in [5, 5.41) is 10.8. The Balaban J connectivity index is 0.00000112.